The van der Waals surface area contributed by atoms with Gasteiger partial charge in [-0.2, -0.15) is 4.98 Å². The molecule has 1 aliphatic carbocycles. The van der Waals surface area contributed by atoms with E-state index in [4.69, 9.17) is 9.15 Å². The maximum Gasteiger partial charge on any atom is 0.394 e. The highest BCUT2D eigenvalue weighted by Gasteiger charge is 2.16. The minimum Gasteiger partial charge on any atom is -0.447 e. The van der Waals surface area contributed by atoms with Gasteiger partial charge in [-0.3, -0.25) is 0 Å². The second kappa shape index (κ2) is 7.41. The summed E-state index contributed by atoms with van der Waals surface area (Å²) in [7, 11) is 0. The van der Waals surface area contributed by atoms with Gasteiger partial charge in [-0.25, -0.2) is 0 Å². The van der Waals surface area contributed by atoms with Crippen LogP contribution in [0.25, 0.3) is 0 Å². The molecule has 0 saturated heterocycles. The molecule has 0 aliphatic heterocycles. The summed E-state index contributed by atoms with van der Waals surface area (Å²) in [5.41, 5.74) is 0.923. The Morgan fingerprint density at radius 1 is 1.33 bits per heavy atom. The first-order valence-corrected chi connectivity index (χ1v) is 7.20. The molecule has 1 aromatic heterocycles. The second-order valence-electron chi connectivity index (χ2n) is 5.01. The van der Waals surface area contributed by atoms with E-state index in [1.54, 1.807) is 6.26 Å². The molecule has 4 nitrogen and oxygen atoms in total. The molecule has 0 aromatic carbocycles. The van der Waals surface area contributed by atoms with E-state index in [0.29, 0.717) is 12.2 Å². The van der Waals surface area contributed by atoms with Crippen LogP contribution in [0.4, 0.5) is 0 Å². The van der Waals surface area contributed by atoms with Crippen LogP contribution in [0, 0.1) is 0 Å². The molecule has 102 valence electrons. The molecule has 4 heteroatoms. The standard InChI is InChI=1S/C14H24N2O2/c1-2-9-15-10-12-11-17-14(16-12)18-13-7-5-3-4-6-8-13/h11,13,15H,2-10H2,1H3. The number of hydrogen-bond acceptors (Lipinski definition) is 4. The van der Waals surface area contributed by atoms with Crippen LogP contribution in [0.15, 0.2) is 10.7 Å². The van der Waals surface area contributed by atoms with Gasteiger partial charge in [0, 0.05) is 6.54 Å². The second-order valence-corrected chi connectivity index (χ2v) is 5.01. The summed E-state index contributed by atoms with van der Waals surface area (Å²) in [6.07, 6.45) is 11.0. The molecule has 0 radical (unpaired) electrons. The van der Waals surface area contributed by atoms with Gasteiger partial charge in [0.05, 0.1) is 5.69 Å². The van der Waals surface area contributed by atoms with Crippen LogP contribution < -0.4 is 10.1 Å². The Hall–Kier alpha value is -1.03. The molecular weight excluding hydrogens is 228 g/mol. The number of hydrogen-bond donors (Lipinski definition) is 1. The number of oxazole rings is 1. The van der Waals surface area contributed by atoms with E-state index in [9.17, 15) is 0 Å². The molecule has 18 heavy (non-hydrogen) atoms. The molecule has 1 fully saturated rings. The number of nitrogens with one attached hydrogen (secondary N) is 1. The number of nitrogens with zero attached hydrogens (tertiary/aromatic N) is 1. The molecule has 0 bridgehead atoms. The summed E-state index contributed by atoms with van der Waals surface area (Å²) < 4.78 is 11.2. The summed E-state index contributed by atoms with van der Waals surface area (Å²) in [6.45, 7) is 3.91. The maximum atomic E-state index is 5.82. The van der Waals surface area contributed by atoms with Crippen molar-refractivity contribution in [1.29, 1.82) is 0 Å². The van der Waals surface area contributed by atoms with Crippen LogP contribution in [0.3, 0.4) is 0 Å². The van der Waals surface area contributed by atoms with Crippen LogP contribution >= 0.6 is 0 Å². The lowest BCUT2D eigenvalue weighted by Gasteiger charge is -2.12. The molecule has 1 aliphatic rings. The molecule has 1 aromatic rings. The van der Waals surface area contributed by atoms with Crippen molar-refractivity contribution in [3.63, 3.8) is 0 Å². The predicted octanol–water partition coefficient (Wildman–Crippen LogP) is 3.28. The first kappa shape index (κ1) is 13.4. The average molecular weight is 252 g/mol. The van der Waals surface area contributed by atoms with E-state index in [2.05, 4.69) is 17.2 Å². The van der Waals surface area contributed by atoms with Crippen molar-refractivity contribution in [1.82, 2.24) is 10.3 Å². The first-order valence-electron chi connectivity index (χ1n) is 7.20. The molecule has 1 saturated carbocycles. The third-order valence-corrected chi connectivity index (χ3v) is 3.33. The summed E-state index contributed by atoms with van der Waals surface area (Å²) in [6, 6.07) is 0. The smallest absolute Gasteiger partial charge is 0.394 e. The zero-order valence-electron chi connectivity index (χ0n) is 11.3. The summed E-state index contributed by atoms with van der Waals surface area (Å²) in [5.74, 6) is 0. The lowest BCUT2D eigenvalue weighted by Crippen LogP contribution is -2.16. The van der Waals surface area contributed by atoms with Crippen LogP contribution in [0.5, 0.6) is 6.08 Å². The fourth-order valence-corrected chi connectivity index (χ4v) is 2.32. The molecule has 2 rings (SSSR count). The first-order chi connectivity index (χ1) is 8.88. The summed E-state index contributed by atoms with van der Waals surface area (Å²) in [4.78, 5) is 4.36. The largest absolute Gasteiger partial charge is 0.447 e. The van der Waals surface area contributed by atoms with E-state index < -0.39 is 0 Å². The minimum absolute atomic E-state index is 0.294. The van der Waals surface area contributed by atoms with E-state index in [1.807, 2.05) is 0 Å². The summed E-state index contributed by atoms with van der Waals surface area (Å²) in [5, 5.41) is 3.30. The van der Waals surface area contributed by atoms with E-state index in [1.165, 1.54) is 25.7 Å². The Bertz CT molecular complexity index is 330. The molecule has 0 unspecified atom stereocenters. The van der Waals surface area contributed by atoms with Gasteiger partial charge in [-0.1, -0.05) is 19.8 Å². The number of rotatable bonds is 6. The molecule has 0 atom stereocenters. The number of aromatic nitrogens is 1. The van der Waals surface area contributed by atoms with E-state index >= 15 is 0 Å². The van der Waals surface area contributed by atoms with Crippen LogP contribution in [-0.2, 0) is 6.54 Å². The van der Waals surface area contributed by atoms with Crippen molar-refractivity contribution in [2.24, 2.45) is 0 Å². The molecule has 1 heterocycles. The lowest BCUT2D eigenvalue weighted by atomic mass is 10.2. The van der Waals surface area contributed by atoms with Gasteiger partial charge < -0.3 is 14.5 Å². The van der Waals surface area contributed by atoms with Crippen molar-refractivity contribution in [2.45, 2.75) is 64.5 Å². The van der Waals surface area contributed by atoms with Gasteiger partial charge in [0.2, 0.25) is 0 Å². The Labute approximate surface area is 109 Å². The Kier molecular flexibility index (Phi) is 5.52. The SMILES string of the molecule is CCCNCc1coc(OC2CCCCCC2)n1. The van der Waals surface area contributed by atoms with Gasteiger partial charge in [0.15, 0.2) is 0 Å². The van der Waals surface area contributed by atoms with E-state index in [0.717, 1.165) is 38.0 Å². The third-order valence-electron chi connectivity index (χ3n) is 3.33. The van der Waals surface area contributed by atoms with Crippen molar-refractivity contribution >= 4 is 0 Å². The zero-order chi connectivity index (χ0) is 12.6. The number of ether oxygens (including phenoxy) is 1. The van der Waals surface area contributed by atoms with Crippen molar-refractivity contribution < 1.29 is 9.15 Å². The van der Waals surface area contributed by atoms with Gasteiger partial charge in [-0.05, 0) is 38.6 Å². The predicted molar refractivity (Wildman–Crippen MR) is 70.6 cm³/mol. The monoisotopic (exact) mass is 252 g/mol. The van der Waals surface area contributed by atoms with Gasteiger partial charge >= 0.3 is 6.08 Å². The molecule has 1 N–H and O–H groups in total. The Balaban J connectivity index is 1.78. The van der Waals surface area contributed by atoms with Crippen molar-refractivity contribution in [2.75, 3.05) is 6.54 Å². The van der Waals surface area contributed by atoms with Gasteiger partial charge in [0.1, 0.15) is 12.4 Å². The van der Waals surface area contributed by atoms with Crippen molar-refractivity contribution in [3.05, 3.63) is 12.0 Å². The Morgan fingerprint density at radius 3 is 2.83 bits per heavy atom. The maximum absolute atomic E-state index is 5.82. The quantitative estimate of drug-likeness (QED) is 0.623. The third kappa shape index (κ3) is 4.33. The van der Waals surface area contributed by atoms with Crippen LogP contribution in [-0.4, -0.2) is 17.6 Å². The normalized spacial score (nSPS) is 17.6. The van der Waals surface area contributed by atoms with Gasteiger partial charge in [0.25, 0.3) is 0 Å². The van der Waals surface area contributed by atoms with E-state index in [-0.39, 0.29) is 0 Å². The molecule has 0 amide bonds. The average Bonchev–Trinajstić information content (AvgIpc) is 2.65. The summed E-state index contributed by atoms with van der Waals surface area (Å²) >= 11 is 0. The fraction of sp³-hybridized carbons (Fsp3) is 0.786. The zero-order valence-corrected chi connectivity index (χ0v) is 11.3. The van der Waals surface area contributed by atoms with Crippen LogP contribution in [0.2, 0.25) is 0 Å². The minimum atomic E-state index is 0.294. The van der Waals surface area contributed by atoms with Crippen molar-refractivity contribution in [3.8, 4) is 6.08 Å². The van der Waals surface area contributed by atoms with Gasteiger partial charge in [-0.15, -0.1) is 0 Å². The highest BCUT2D eigenvalue weighted by atomic mass is 16.6. The lowest BCUT2D eigenvalue weighted by molar-refractivity contribution is 0.133. The Morgan fingerprint density at radius 2 is 2.11 bits per heavy atom. The molecule has 0 spiro atoms. The fourth-order valence-electron chi connectivity index (χ4n) is 2.32. The highest BCUT2D eigenvalue weighted by molar-refractivity contribution is 5.00. The molecular formula is C14H24N2O2. The highest BCUT2D eigenvalue weighted by Crippen LogP contribution is 2.22. The topological polar surface area (TPSA) is 47.3 Å². The van der Waals surface area contributed by atoms with Crippen LogP contribution in [0.1, 0.15) is 57.6 Å².